The molecular formula is C17H27NO. The minimum atomic E-state index is 0.615. The molecule has 2 atom stereocenters. The van der Waals surface area contributed by atoms with Crippen molar-refractivity contribution >= 4 is 0 Å². The zero-order chi connectivity index (χ0) is 13.5. The van der Waals surface area contributed by atoms with Crippen molar-refractivity contribution in [2.45, 2.75) is 45.6 Å². The summed E-state index contributed by atoms with van der Waals surface area (Å²) in [6.07, 6.45) is 4.80. The van der Waals surface area contributed by atoms with Gasteiger partial charge in [0.25, 0.3) is 0 Å². The van der Waals surface area contributed by atoms with E-state index in [9.17, 15) is 0 Å². The van der Waals surface area contributed by atoms with Crippen molar-refractivity contribution in [1.29, 1.82) is 0 Å². The molecule has 1 saturated heterocycles. The quantitative estimate of drug-likeness (QED) is 0.813. The fourth-order valence-corrected chi connectivity index (χ4v) is 2.78. The highest BCUT2D eigenvalue weighted by atomic mass is 16.5. The molecular weight excluding hydrogens is 234 g/mol. The summed E-state index contributed by atoms with van der Waals surface area (Å²) in [5.74, 6) is 0.706. The van der Waals surface area contributed by atoms with Gasteiger partial charge in [-0.05, 0) is 50.6 Å². The molecule has 1 N–H and O–H groups in total. The van der Waals surface area contributed by atoms with Crippen molar-refractivity contribution in [2.24, 2.45) is 5.92 Å². The van der Waals surface area contributed by atoms with Gasteiger partial charge in [-0.1, -0.05) is 36.8 Å². The van der Waals surface area contributed by atoms with Crippen LogP contribution in [0.4, 0.5) is 0 Å². The molecule has 0 aromatic heterocycles. The number of ether oxygens (including phenoxy) is 1. The smallest absolute Gasteiger partial charge is 0.0510 e. The summed E-state index contributed by atoms with van der Waals surface area (Å²) in [6.45, 7) is 7.38. The molecule has 0 aliphatic carbocycles. The molecule has 1 aromatic carbocycles. The third-order valence-corrected chi connectivity index (χ3v) is 4.06. The number of rotatable bonds is 7. The summed E-state index contributed by atoms with van der Waals surface area (Å²) in [4.78, 5) is 0. The van der Waals surface area contributed by atoms with Crippen LogP contribution in [0.2, 0.25) is 0 Å². The number of benzene rings is 1. The fraction of sp³-hybridized carbons (Fsp3) is 0.647. The van der Waals surface area contributed by atoms with Crippen molar-refractivity contribution in [2.75, 3.05) is 19.8 Å². The zero-order valence-electron chi connectivity index (χ0n) is 12.3. The second kappa shape index (κ2) is 7.66. The molecule has 106 valence electrons. The Labute approximate surface area is 117 Å². The Morgan fingerprint density at radius 2 is 2.11 bits per heavy atom. The predicted molar refractivity (Wildman–Crippen MR) is 80.5 cm³/mol. The lowest BCUT2D eigenvalue weighted by molar-refractivity contribution is 0.175. The van der Waals surface area contributed by atoms with Crippen molar-refractivity contribution in [1.82, 2.24) is 5.32 Å². The maximum atomic E-state index is 5.55. The largest absolute Gasteiger partial charge is 0.381 e. The Kier molecular flexibility index (Phi) is 5.87. The van der Waals surface area contributed by atoms with E-state index in [1.54, 1.807) is 0 Å². The highest BCUT2D eigenvalue weighted by molar-refractivity contribution is 5.21. The van der Waals surface area contributed by atoms with Crippen LogP contribution >= 0.6 is 0 Å². The van der Waals surface area contributed by atoms with Crippen molar-refractivity contribution in [3.8, 4) is 0 Å². The molecule has 2 unspecified atom stereocenters. The van der Waals surface area contributed by atoms with E-state index in [-0.39, 0.29) is 0 Å². The van der Waals surface area contributed by atoms with Crippen LogP contribution in [0.5, 0.6) is 0 Å². The Hall–Kier alpha value is -0.860. The van der Waals surface area contributed by atoms with Gasteiger partial charge in [-0.2, -0.15) is 0 Å². The number of aryl methyl sites for hydroxylation is 2. The van der Waals surface area contributed by atoms with Gasteiger partial charge in [0.2, 0.25) is 0 Å². The first-order valence-corrected chi connectivity index (χ1v) is 7.66. The van der Waals surface area contributed by atoms with E-state index in [2.05, 4.69) is 43.4 Å². The standard InChI is InChI=1S/C17H27NO/c1-3-11-18-17(16-10-12-19-13-16)9-8-15-6-4-14(2)5-7-15/h4-7,16-18H,3,8-13H2,1-2H3. The molecule has 0 bridgehead atoms. The lowest BCUT2D eigenvalue weighted by Crippen LogP contribution is -2.37. The van der Waals surface area contributed by atoms with E-state index in [1.165, 1.54) is 30.4 Å². The Morgan fingerprint density at radius 1 is 1.32 bits per heavy atom. The van der Waals surface area contributed by atoms with Gasteiger partial charge in [-0.15, -0.1) is 0 Å². The average molecular weight is 261 g/mol. The molecule has 2 rings (SSSR count). The van der Waals surface area contributed by atoms with Crippen molar-refractivity contribution in [3.63, 3.8) is 0 Å². The van der Waals surface area contributed by atoms with Gasteiger partial charge < -0.3 is 10.1 Å². The average Bonchev–Trinajstić information content (AvgIpc) is 2.95. The lowest BCUT2D eigenvalue weighted by atomic mass is 9.93. The highest BCUT2D eigenvalue weighted by Crippen LogP contribution is 2.20. The van der Waals surface area contributed by atoms with Gasteiger partial charge in [0, 0.05) is 12.6 Å². The van der Waals surface area contributed by atoms with Crippen LogP contribution in [0.25, 0.3) is 0 Å². The normalized spacial score (nSPS) is 20.6. The van der Waals surface area contributed by atoms with E-state index in [0.717, 1.165) is 26.2 Å². The van der Waals surface area contributed by atoms with Gasteiger partial charge in [-0.25, -0.2) is 0 Å². The topological polar surface area (TPSA) is 21.3 Å². The first-order chi connectivity index (χ1) is 9.29. The molecule has 1 heterocycles. The molecule has 0 saturated carbocycles. The van der Waals surface area contributed by atoms with Crippen LogP contribution in [0.15, 0.2) is 24.3 Å². The van der Waals surface area contributed by atoms with Crippen LogP contribution in [0, 0.1) is 12.8 Å². The Morgan fingerprint density at radius 3 is 2.74 bits per heavy atom. The molecule has 0 spiro atoms. The predicted octanol–water partition coefficient (Wildman–Crippen LogP) is 3.33. The van der Waals surface area contributed by atoms with Crippen molar-refractivity contribution in [3.05, 3.63) is 35.4 Å². The van der Waals surface area contributed by atoms with Crippen LogP contribution in [-0.4, -0.2) is 25.8 Å². The Bertz CT molecular complexity index is 354. The first kappa shape index (κ1) is 14.5. The zero-order valence-corrected chi connectivity index (χ0v) is 12.3. The highest BCUT2D eigenvalue weighted by Gasteiger charge is 2.24. The summed E-state index contributed by atoms with van der Waals surface area (Å²) < 4.78 is 5.55. The molecule has 1 aliphatic heterocycles. The minimum Gasteiger partial charge on any atom is -0.381 e. The number of hydrogen-bond donors (Lipinski definition) is 1. The summed E-state index contributed by atoms with van der Waals surface area (Å²) in [5.41, 5.74) is 2.79. The summed E-state index contributed by atoms with van der Waals surface area (Å²) in [6, 6.07) is 9.56. The van der Waals surface area contributed by atoms with Crippen molar-refractivity contribution < 1.29 is 4.74 Å². The number of hydrogen-bond acceptors (Lipinski definition) is 2. The molecule has 2 nitrogen and oxygen atoms in total. The minimum absolute atomic E-state index is 0.615. The van der Waals surface area contributed by atoms with Gasteiger partial charge in [0.1, 0.15) is 0 Å². The first-order valence-electron chi connectivity index (χ1n) is 7.66. The van der Waals surface area contributed by atoms with E-state index >= 15 is 0 Å². The van der Waals surface area contributed by atoms with E-state index in [0.29, 0.717) is 12.0 Å². The van der Waals surface area contributed by atoms with Crippen LogP contribution in [0.1, 0.15) is 37.3 Å². The molecule has 1 aromatic rings. The van der Waals surface area contributed by atoms with Gasteiger partial charge in [-0.3, -0.25) is 0 Å². The van der Waals surface area contributed by atoms with Crippen LogP contribution in [-0.2, 0) is 11.2 Å². The SMILES string of the molecule is CCCNC(CCc1ccc(C)cc1)C1CCOC1. The van der Waals surface area contributed by atoms with E-state index < -0.39 is 0 Å². The monoisotopic (exact) mass is 261 g/mol. The van der Waals surface area contributed by atoms with Gasteiger partial charge >= 0.3 is 0 Å². The summed E-state index contributed by atoms with van der Waals surface area (Å²) >= 11 is 0. The molecule has 1 fully saturated rings. The molecule has 1 aliphatic rings. The van der Waals surface area contributed by atoms with Gasteiger partial charge in [0.15, 0.2) is 0 Å². The third kappa shape index (κ3) is 4.63. The second-order valence-corrected chi connectivity index (χ2v) is 5.71. The van der Waals surface area contributed by atoms with Crippen LogP contribution in [0.3, 0.4) is 0 Å². The second-order valence-electron chi connectivity index (χ2n) is 5.71. The third-order valence-electron chi connectivity index (χ3n) is 4.06. The Balaban J connectivity index is 1.86. The van der Waals surface area contributed by atoms with E-state index in [1.807, 2.05) is 0 Å². The van der Waals surface area contributed by atoms with Crippen LogP contribution < -0.4 is 5.32 Å². The molecule has 2 heteroatoms. The molecule has 19 heavy (non-hydrogen) atoms. The maximum absolute atomic E-state index is 5.55. The molecule has 0 radical (unpaired) electrons. The number of nitrogens with one attached hydrogen (secondary N) is 1. The fourth-order valence-electron chi connectivity index (χ4n) is 2.78. The van der Waals surface area contributed by atoms with Gasteiger partial charge in [0.05, 0.1) is 6.61 Å². The molecule has 0 amide bonds. The lowest BCUT2D eigenvalue weighted by Gasteiger charge is -2.23. The summed E-state index contributed by atoms with van der Waals surface area (Å²) in [5, 5.41) is 3.71. The van der Waals surface area contributed by atoms with E-state index in [4.69, 9.17) is 4.74 Å². The summed E-state index contributed by atoms with van der Waals surface area (Å²) in [7, 11) is 0. The maximum Gasteiger partial charge on any atom is 0.0510 e.